The first-order valence-electron chi connectivity index (χ1n) is 9.80. The van der Waals surface area contributed by atoms with Crippen LogP contribution in [-0.2, 0) is 16.6 Å². The van der Waals surface area contributed by atoms with Gasteiger partial charge in [0.25, 0.3) is 5.91 Å². The molecule has 0 N–H and O–H groups in total. The molecule has 0 bridgehead atoms. The molecule has 6 nitrogen and oxygen atoms in total. The first-order chi connectivity index (χ1) is 14.3. The van der Waals surface area contributed by atoms with Gasteiger partial charge in [-0.25, -0.2) is 8.42 Å². The van der Waals surface area contributed by atoms with Gasteiger partial charge in [-0.3, -0.25) is 4.79 Å². The quantitative estimate of drug-likeness (QED) is 0.514. The lowest BCUT2D eigenvalue weighted by molar-refractivity contribution is 0.0997. The van der Waals surface area contributed by atoms with Crippen molar-refractivity contribution in [2.24, 2.45) is 4.99 Å². The molecule has 30 heavy (non-hydrogen) atoms. The number of benzene rings is 2. The molecule has 3 aromatic rings. The van der Waals surface area contributed by atoms with Crippen molar-refractivity contribution in [3.05, 3.63) is 57.9 Å². The van der Waals surface area contributed by atoms with E-state index < -0.39 is 15.9 Å². The molecular weight excluding hydrogens is 442 g/mol. The molecule has 0 fully saturated rings. The molecule has 2 aromatic carbocycles. The Hall–Kier alpha value is -2.00. The van der Waals surface area contributed by atoms with E-state index in [4.69, 9.17) is 11.6 Å². The van der Waals surface area contributed by atoms with Gasteiger partial charge >= 0.3 is 0 Å². The van der Waals surface area contributed by atoms with E-state index >= 15 is 0 Å². The van der Waals surface area contributed by atoms with Crippen molar-refractivity contribution in [3.8, 4) is 0 Å². The molecule has 0 atom stereocenters. The molecule has 0 radical (unpaired) electrons. The summed E-state index contributed by atoms with van der Waals surface area (Å²) in [5.74, 6) is -0.413. The van der Waals surface area contributed by atoms with Gasteiger partial charge < -0.3 is 4.57 Å². The molecule has 3 rings (SSSR count). The highest BCUT2D eigenvalue weighted by Crippen LogP contribution is 2.22. The summed E-state index contributed by atoms with van der Waals surface area (Å²) in [5.41, 5.74) is 1.32. The second-order valence-corrected chi connectivity index (χ2v) is 10.1. The molecule has 0 aliphatic carbocycles. The van der Waals surface area contributed by atoms with Gasteiger partial charge in [-0.15, -0.1) is 0 Å². The summed E-state index contributed by atoms with van der Waals surface area (Å²) >= 11 is 7.51. The molecule has 160 valence electrons. The molecule has 0 saturated carbocycles. The van der Waals surface area contributed by atoms with Gasteiger partial charge in [0.1, 0.15) is 0 Å². The predicted octanol–water partition coefficient (Wildman–Crippen LogP) is 4.54. The van der Waals surface area contributed by atoms with Crippen molar-refractivity contribution in [2.75, 3.05) is 13.1 Å². The highest BCUT2D eigenvalue weighted by atomic mass is 35.5. The minimum Gasteiger partial charge on any atom is -0.316 e. The average Bonchev–Trinajstić information content (AvgIpc) is 3.05. The van der Waals surface area contributed by atoms with Crippen LogP contribution in [0, 0.1) is 0 Å². The topological polar surface area (TPSA) is 71.7 Å². The summed E-state index contributed by atoms with van der Waals surface area (Å²) in [6.45, 7) is 7.16. The third-order valence-electron chi connectivity index (χ3n) is 4.73. The molecular formula is C21H24ClN3O3S2. The fourth-order valence-electron chi connectivity index (χ4n) is 3.21. The Balaban J connectivity index is 1.98. The Bertz CT molecular complexity index is 1220. The van der Waals surface area contributed by atoms with E-state index in [1.54, 1.807) is 13.8 Å². The average molecular weight is 466 g/mol. The third-order valence-corrected chi connectivity index (χ3v) is 8.07. The van der Waals surface area contributed by atoms with E-state index in [0.29, 0.717) is 28.5 Å². The number of nitrogens with zero attached hydrogens (tertiary/aromatic N) is 3. The maximum atomic E-state index is 12.8. The summed E-state index contributed by atoms with van der Waals surface area (Å²) in [6.07, 6.45) is 0.897. The molecule has 1 heterocycles. The Labute approximate surface area is 185 Å². The van der Waals surface area contributed by atoms with Crippen LogP contribution in [0.2, 0.25) is 5.02 Å². The van der Waals surface area contributed by atoms with Crippen LogP contribution in [0.3, 0.4) is 0 Å². The van der Waals surface area contributed by atoms with Crippen LogP contribution in [0.5, 0.6) is 0 Å². The Morgan fingerprint density at radius 2 is 1.77 bits per heavy atom. The number of hydrogen-bond donors (Lipinski definition) is 0. The predicted molar refractivity (Wildman–Crippen MR) is 122 cm³/mol. The van der Waals surface area contributed by atoms with Crippen LogP contribution in [0.25, 0.3) is 10.2 Å². The van der Waals surface area contributed by atoms with E-state index in [1.165, 1.54) is 39.9 Å². The lowest BCUT2D eigenvalue weighted by Gasteiger charge is -2.18. The van der Waals surface area contributed by atoms with E-state index in [0.717, 1.165) is 23.2 Å². The lowest BCUT2D eigenvalue weighted by atomic mass is 10.2. The van der Waals surface area contributed by atoms with E-state index in [1.807, 2.05) is 22.8 Å². The van der Waals surface area contributed by atoms with Gasteiger partial charge in [0.05, 0.1) is 15.1 Å². The van der Waals surface area contributed by atoms with Crippen molar-refractivity contribution in [3.63, 3.8) is 0 Å². The number of thiazole rings is 1. The number of rotatable bonds is 7. The number of halogens is 1. The Morgan fingerprint density at radius 1 is 1.10 bits per heavy atom. The van der Waals surface area contributed by atoms with Crippen LogP contribution in [0.4, 0.5) is 0 Å². The molecule has 0 aliphatic rings. The van der Waals surface area contributed by atoms with Crippen LogP contribution < -0.4 is 4.80 Å². The third kappa shape index (κ3) is 4.51. The van der Waals surface area contributed by atoms with Crippen molar-refractivity contribution in [1.29, 1.82) is 0 Å². The number of fused-ring (bicyclic) bond motifs is 1. The van der Waals surface area contributed by atoms with Gasteiger partial charge in [-0.1, -0.05) is 43.7 Å². The van der Waals surface area contributed by atoms with E-state index in [-0.39, 0.29) is 4.90 Å². The summed E-state index contributed by atoms with van der Waals surface area (Å²) in [6, 6.07) is 11.6. The number of aromatic nitrogens is 1. The van der Waals surface area contributed by atoms with E-state index in [9.17, 15) is 13.2 Å². The van der Waals surface area contributed by atoms with Crippen molar-refractivity contribution >= 4 is 49.1 Å². The zero-order chi connectivity index (χ0) is 21.9. The second-order valence-electron chi connectivity index (χ2n) is 6.68. The molecule has 0 spiro atoms. The van der Waals surface area contributed by atoms with E-state index in [2.05, 4.69) is 11.9 Å². The highest BCUT2D eigenvalue weighted by Gasteiger charge is 2.21. The normalized spacial score (nSPS) is 12.8. The lowest BCUT2D eigenvalue weighted by Crippen LogP contribution is -2.30. The van der Waals surface area contributed by atoms with Crippen LogP contribution >= 0.6 is 22.9 Å². The number of hydrogen-bond acceptors (Lipinski definition) is 4. The maximum Gasteiger partial charge on any atom is 0.279 e. The van der Waals surface area contributed by atoms with Gasteiger partial charge in [0.15, 0.2) is 4.80 Å². The fraction of sp³-hybridized carbons (Fsp3) is 0.333. The SMILES string of the molecule is CCCn1c(=NC(=O)c2ccc(S(=O)(=O)N(CC)CC)cc2)sc2cc(Cl)ccc21. The van der Waals surface area contributed by atoms with Gasteiger partial charge in [0.2, 0.25) is 10.0 Å². The van der Waals surface area contributed by atoms with Crippen LogP contribution in [0.15, 0.2) is 52.4 Å². The smallest absolute Gasteiger partial charge is 0.279 e. The summed E-state index contributed by atoms with van der Waals surface area (Å²) in [5, 5.41) is 0.635. The molecule has 1 aromatic heterocycles. The van der Waals surface area contributed by atoms with Crippen molar-refractivity contribution < 1.29 is 13.2 Å². The van der Waals surface area contributed by atoms with Gasteiger partial charge in [0, 0.05) is 30.2 Å². The minimum absolute atomic E-state index is 0.167. The van der Waals surface area contributed by atoms with Crippen LogP contribution in [0.1, 0.15) is 37.6 Å². The molecule has 0 aliphatic heterocycles. The highest BCUT2D eigenvalue weighted by molar-refractivity contribution is 7.89. The standard InChI is InChI=1S/C21H24ClN3O3S2/c1-4-13-25-18-12-9-16(22)14-19(18)29-21(25)23-20(26)15-7-10-17(11-8-15)30(27,28)24(5-2)6-3/h7-12,14H,4-6,13H2,1-3H3. The monoisotopic (exact) mass is 465 g/mol. The molecule has 9 heteroatoms. The molecule has 1 amide bonds. The fourth-order valence-corrected chi connectivity index (χ4v) is 5.99. The number of carbonyl (C=O) groups excluding carboxylic acids is 1. The first kappa shape index (κ1) is 22.7. The Morgan fingerprint density at radius 3 is 2.37 bits per heavy atom. The summed E-state index contributed by atoms with van der Waals surface area (Å²) in [4.78, 5) is 17.8. The Kier molecular flexibility index (Phi) is 7.13. The first-order valence-corrected chi connectivity index (χ1v) is 12.4. The van der Waals surface area contributed by atoms with Crippen molar-refractivity contribution in [1.82, 2.24) is 8.87 Å². The number of carbonyl (C=O) groups is 1. The van der Waals surface area contributed by atoms with Gasteiger partial charge in [-0.2, -0.15) is 9.30 Å². The number of aryl methyl sites for hydroxylation is 1. The van der Waals surface area contributed by atoms with Crippen LogP contribution in [-0.4, -0.2) is 36.3 Å². The van der Waals surface area contributed by atoms with Gasteiger partial charge in [-0.05, 0) is 48.9 Å². The molecule has 0 saturated heterocycles. The zero-order valence-electron chi connectivity index (χ0n) is 17.1. The largest absolute Gasteiger partial charge is 0.316 e. The zero-order valence-corrected chi connectivity index (χ0v) is 19.5. The van der Waals surface area contributed by atoms with Crippen molar-refractivity contribution in [2.45, 2.75) is 38.6 Å². The summed E-state index contributed by atoms with van der Waals surface area (Å²) in [7, 11) is -3.56. The second kappa shape index (κ2) is 9.43. The summed E-state index contributed by atoms with van der Waals surface area (Å²) < 4.78 is 29.6. The molecule has 0 unspecified atom stereocenters. The minimum atomic E-state index is -3.56. The maximum absolute atomic E-state index is 12.8. The number of sulfonamides is 1. The number of amides is 1.